The molecule has 70 valence electrons. The standard InChI is InChI=1S/C11H16N2/c1-8-3-2-4-9-5-6-10(7-12)13-11(8)9/h2-4,10,13H,5-7,12H2,1H3. The smallest absolute Gasteiger partial charge is 0.0405 e. The third kappa shape index (κ3) is 1.54. The van der Waals surface area contributed by atoms with Gasteiger partial charge in [-0.2, -0.15) is 0 Å². The van der Waals surface area contributed by atoms with E-state index >= 15 is 0 Å². The van der Waals surface area contributed by atoms with E-state index in [-0.39, 0.29) is 0 Å². The minimum atomic E-state index is 0.466. The van der Waals surface area contributed by atoms with E-state index in [9.17, 15) is 0 Å². The van der Waals surface area contributed by atoms with Gasteiger partial charge in [-0.05, 0) is 30.9 Å². The highest BCUT2D eigenvalue weighted by Crippen LogP contribution is 2.27. The van der Waals surface area contributed by atoms with Crippen LogP contribution in [0.5, 0.6) is 0 Å². The number of para-hydroxylation sites is 1. The predicted octanol–water partition coefficient (Wildman–Crippen LogP) is 1.68. The van der Waals surface area contributed by atoms with E-state index < -0.39 is 0 Å². The molecule has 3 N–H and O–H groups in total. The molecule has 0 saturated carbocycles. The second-order valence-electron chi connectivity index (χ2n) is 3.72. The third-order valence-electron chi connectivity index (χ3n) is 2.75. The lowest BCUT2D eigenvalue weighted by molar-refractivity contribution is 0.638. The summed E-state index contributed by atoms with van der Waals surface area (Å²) < 4.78 is 0. The molecule has 1 aliphatic rings. The van der Waals surface area contributed by atoms with Crippen molar-refractivity contribution in [2.24, 2.45) is 5.73 Å². The first-order chi connectivity index (χ1) is 6.31. The average molecular weight is 176 g/mol. The van der Waals surface area contributed by atoms with Crippen LogP contribution >= 0.6 is 0 Å². The highest BCUT2D eigenvalue weighted by atomic mass is 15.0. The Labute approximate surface area is 79.1 Å². The summed E-state index contributed by atoms with van der Waals surface area (Å²) in [6.07, 6.45) is 2.32. The molecule has 0 radical (unpaired) electrons. The van der Waals surface area contributed by atoms with E-state index in [4.69, 9.17) is 5.73 Å². The Bertz CT molecular complexity index is 307. The van der Waals surface area contributed by atoms with Gasteiger partial charge >= 0.3 is 0 Å². The van der Waals surface area contributed by atoms with Gasteiger partial charge in [-0.3, -0.25) is 0 Å². The van der Waals surface area contributed by atoms with Crippen molar-refractivity contribution in [1.29, 1.82) is 0 Å². The molecule has 0 aliphatic carbocycles. The molecule has 1 atom stereocenters. The molecule has 1 unspecified atom stereocenters. The van der Waals surface area contributed by atoms with Gasteiger partial charge in [-0.15, -0.1) is 0 Å². The van der Waals surface area contributed by atoms with Gasteiger partial charge in [0, 0.05) is 18.3 Å². The molecule has 0 spiro atoms. The minimum Gasteiger partial charge on any atom is -0.381 e. The van der Waals surface area contributed by atoms with E-state index in [1.54, 1.807) is 0 Å². The van der Waals surface area contributed by atoms with Crippen LogP contribution in [0, 0.1) is 6.92 Å². The first-order valence-electron chi connectivity index (χ1n) is 4.86. The quantitative estimate of drug-likeness (QED) is 0.683. The van der Waals surface area contributed by atoms with Gasteiger partial charge < -0.3 is 11.1 Å². The van der Waals surface area contributed by atoms with Gasteiger partial charge in [0.15, 0.2) is 0 Å². The molecular formula is C11H16N2. The molecule has 1 aromatic rings. The number of aryl methyl sites for hydroxylation is 2. The van der Waals surface area contributed by atoms with Crippen molar-refractivity contribution in [3.63, 3.8) is 0 Å². The number of nitrogens with one attached hydrogen (secondary N) is 1. The number of rotatable bonds is 1. The van der Waals surface area contributed by atoms with Crippen LogP contribution in [0.25, 0.3) is 0 Å². The van der Waals surface area contributed by atoms with E-state index in [1.807, 2.05) is 0 Å². The van der Waals surface area contributed by atoms with Crippen LogP contribution in [0.15, 0.2) is 18.2 Å². The lowest BCUT2D eigenvalue weighted by atomic mass is 9.96. The van der Waals surface area contributed by atoms with Crippen molar-refractivity contribution in [3.05, 3.63) is 29.3 Å². The molecule has 0 bridgehead atoms. The van der Waals surface area contributed by atoms with Crippen molar-refractivity contribution < 1.29 is 0 Å². The minimum absolute atomic E-state index is 0.466. The molecule has 13 heavy (non-hydrogen) atoms. The molecule has 1 aliphatic heterocycles. The van der Waals surface area contributed by atoms with Crippen LogP contribution in [-0.4, -0.2) is 12.6 Å². The second kappa shape index (κ2) is 3.38. The lowest BCUT2D eigenvalue weighted by Crippen LogP contribution is -2.33. The number of hydrogen-bond donors (Lipinski definition) is 2. The van der Waals surface area contributed by atoms with Gasteiger partial charge in [0.05, 0.1) is 0 Å². The molecule has 0 saturated heterocycles. The molecule has 0 aromatic heterocycles. The Balaban J connectivity index is 2.32. The van der Waals surface area contributed by atoms with Crippen LogP contribution in [-0.2, 0) is 6.42 Å². The molecule has 2 heteroatoms. The maximum absolute atomic E-state index is 5.65. The second-order valence-corrected chi connectivity index (χ2v) is 3.72. The molecule has 1 heterocycles. The fourth-order valence-electron chi connectivity index (χ4n) is 1.93. The average Bonchev–Trinajstić information content (AvgIpc) is 2.18. The summed E-state index contributed by atoms with van der Waals surface area (Å²) in [5.74, 6) is 0. The zero-order valence-electron chi connectivity index (χ0n) is 8.01. The topological polar surface area (TPSA) is 38.0 Å². The fourth-order valence-corrected chi connectivity index (χ4v) is 1.93. The Hall–Kier alpha value is -1.02. The molecule has 1 aromatic carbocycles. The van der Waals surface area contributed by atoms with E-state index in [1.165, 1.54) is 16.8 Å². The number of hydrogen-bond acceptors (Lipinski definition) is 2. The number of anilines is 1. The van der Waals surface area contributed by atoms with Crippen molar-refractivity contribution in [1.82, 2.24) is 0 Å². The van der Waals surface area contributed by atoms with Gasteiger partial charge in [0.1, 0.15) is 0 Å². The normalized spacial score (nSPS) is 20.6. The summed E-state index contributed by atoms with van der Waals surface area (Å²) in [5.41, 5.74) is 9.72. The van der Waals surface area contributed by atoms with E-state index in [0.717, 1.165) is 19.4 Å². The summed E-state index contributed by atoms with van der Waals surface area (Å²) >= 11 is 0. The van der Waals surface area contributed by atoms with Crippen LogP contribution < -0.4 is 11.1 Å². The Kier molecular flexibility index (Phi) is 2.23. The van der Waals surface area contributed by atoms with Crippen LogP contribution in [0.1, 0.15) is 17.5 Å². The summed E-state index contributed by atoms with van der Waals surface area (Å²) in [6, 6.07) is 6.93. The van der Waals surface area contributed by atoms with E-state index in [0.29, 0.717) is 6.04 Å². The molecular weight excluding hydrogens is 160 g/mol. The Morgan fingerprint density at radius 2 is 2.38 bits per heavy atom. The van der Waals surface area contributed by atoms with Gasteiger partial charge in [-0.1, -0.05) is 18.2 Å². The van der Waals surface area contributed by atoms with Crippen LogP contribution in [0.3, 0.4) is 0 Å². The monoisotopic (exact) mass is 176 g/mol. The molecule has 0 fully saturated rings. The zero-order valence-corrected chi connectivity index (χ0v) is 8.01. The number of fused-ring (bicyclic) bond motifs is 1. The maximum atomic E-state index is 5.65. The van der Waals surface area contributed by atoms with Crippen LogP contribution in [0.4, 0.5) is 5.69 Å². The number of nitrogens with two attached hydrogens (primary N) is 1. The lowest BCUT2D eigenvalue weighted by Gasteiger charge is -2.27. The predicted molar refractivity (Wildman–Crippen MR) is 56.0 cm³/mol. The first-order valence-corrected chi connectivity index (χ1v) is 4.86. The molecule has 2 nitrogen and oxygen atoms in total. The molecule has 2 rings (SSSR count). The fraction of sp³-hybridized carbons (Fsp3) is 0.455. The van der Waals surface area contributed by atoms with Crippen molar-refractivity contribution in [2.75, 3.05) is 11.9 Å². The van der Waals surface area contributed by atoms with E-state index in [2.05, 4.69) is 30.4 Å². The Morgan fingerprint density at radius 1 is 1.54 bits per heavy atom. The number of benzene rings is 1. The maximum Gasteiger partial charge on any atom is 0.0405 e. The van der Waals surface area contributed by atoms with Gasteiger partial charge in [0.25, 0.3) is 0 Å². The summed E-state index contributed by atoms with van der Waals surface area (Å²) in [5, 5.41) is 3.49. The SMILES string of the molecule is Cc1cccc2c1NC(CN)CC2. The Morgan fingerprint density at radius 3 is 3.15 bits per heavy atom. The highest BCUT2D eigenvalue weighted by Gasteiger charge is 2.16. The zero-order chi connectivity index (χ0) is 9.26. The summed E-state index contributed by atoms with van der Waals surface area (Å²) in [4.78, 5) is 0. The van der Waals surface area contributed by atoms with Crippen molar-refractivity contribution >= 4 is 5.69 Å². The molecule has 0 amide bonds. The first kappa shape index (κ1) is 8.57. The van der Waals surface area contributed by atoms with Gasteiger partial charge in [0.2, 0.25) is 0 Å². The van der Waals surface area contributed by atoms with Gasteiger partial charge in [-0.25, -0.2) is 0 Å². The van der Waals surface area contributed by atoms with Crippen molar-refractivity contribution in [3.8, 4) is 0 Å². The summed E-state index contributed by atoms with van der Waals surface area (Å²) in [6.45, 7) is 2.87. The van der Waals surface area contributed by atoms with Crippen molar-refractivity contribution in [2.45, 2.75) is 25.8 Å². The third-order valence-corrected chi connectivity index (χ3v) is 2.75. The summed E-state index contributed by atoms with van der Waals surface area (Å²) in [7, 11) is 0. The van der Waals surface area contributed by atoms with Crippen LogP contribution in [0.2, 0.25) is 0 Å². The highest BCUT2D eigenvalue weighted by molar-refractivity contribution is 5.59. The largest absolute Gasteiger partial charge is 0.381 e.